The molecule has 1 aliphatic heterocycles. The van der Waals surface area contributed by atoms with Crippen LogP contribution in [0.25, 0.3) is 0 Å². The Morgan fingerprint density at radius 1 is 1.25 bits per heavy atom. The smallest absolute Gasteiger partial charge is 0.0477 e. The van der Waals surface area contributed by atoms with Gasteiger partial charge in [0.25, 0.3) is 0 Å². The molecule has 2 heterocycles. The van der Waals surface area contributed by atoms with Crippen molar-refractivity contribution in [2.45, 2.75) is 26.2 Å². The second-order valence-electron chi connectivity index (χ2n) is 5.39. The summed E-state index contributed by atoms with van der Waals surface area (Å²) >= 11 is 0. The quantitative estimate of drug-likeness (QED) is 0.780. The summed E-state index contributed by atoms with van der Waals surface area (Å²) in [6, 6.07) is 4.34. The highest BCUT2D eigenvalue weighted by molar-refractivity contribution is 5.48. The van der Waals surface area contributed by atoms with Crippen LogP contribution in [0.15, 0.2) is 18.3 Å². The molecule has 0 atom stereocenters. The molecule has 1 aromatic heterocycles. The van der Waals surface area contributed by atoms with Crippen LogP contribution in [0.1, 0.15) is 26.5 Å². The topological polar surface area (TPSA) is 28.2 Å². The van der Waals surface area contributed by atoms with Crippen molar-refractivity contribution in [1.82, 2.24) is 10.3 Å². The SMILES string of the molecule is CC(C)(C)c1cc(N2CCNCC2)ccn1. The maximum absolute atomic E-state index is 4.46. The van der Waals surface area contributed by atoms with E-state index in [1.165, 1.54) is 11.4 Å². The minimum Gasteiger partial charge on any atom is -0.369 e. The van der Waals surface area contributed by atoms with Gasteiger partial charge in [-0.3, -0.25) is 4.98 Å². The van der Waals surface area contributed by atoms with Gasteiger partial charge in [-0.05, 0) is 12.1 Å². The summed E-state index contributed by atoms with van der Waals surface area (Å²) in [6.07, 6.45) is 1.93. The van der Waals surface area contributed by atoms with Crippen molar-refractivity contribution in [1.29, 1.82) is 0 Å². The lowest BCUT2D eigenvalue weighted by molar-refractivity contribution is 0.564. The molecule has 0 amide bonds. The van der Waals surface area contributed by atoms with E-state index in [1.54, 1.807) is 0 Å². The second-order valence-corrected chi connectivity index (χ2v) is 5.39. The average molecular weight is 219 g/mol. The lowest BCUT2D eigenvalue weighted by Crippen LogP contribution is -2.43. The van der Waals surface area contributed by atoms with Gasteiger partial charge in [-0.2, -0.15) is 0 Å². The number of piperazine rings is 1. The first-order valence-corrected chi connectivity index (χ1v) is 5.99. The molecule has 16 heavy (non-hydrogen) atoms. The number of nitrogens with zero attached hydrogens (tertiary/aromatic N) is 2. The molecule has 1 aromatic rings. The van der Waals surface area contributed by atoms with Crippen molar-refractivity contribution in [2.75, 3.05) is 31.1 Å². The van der Waals surface area contributed by atoms with Gasteiger partial charge in [0, 0.05) is 49.2 Å². The molecule has 0 radical (unpaired) electrons. The van der Waals surface area contributed by atoms with Crippen LogP contribution in [0.2, 0.25) is 0 Å². The minimum atomic E-state index is 0.129. The summed E-state index contributed by atoms with van der Waals surface area (Å²) in [5.41, 5.74) is 2.61. The molecule has 88 valence electrons. The summed E-state index contributed by atoms with van der Waals surface area (Å²) < 4.78 is 0. The van der Waals surface area contributed by atoms with Gasteiger partial charge in [0.05, 0.1) is 0 Å². The highest BCUT2D eigenvalue weighted by Crippen LogP contribution is 2.24. The molecule has 3 heteroatoms. The first-order valence-electron chi connectivity index (χ1n) is 5.99. The molecular formula is C13H21N3. The molecule has 1 aliphatic rings. The van der Waals surface area contributed by atoms with Crippen LogP contribution in [-0.2, 0) is 5.41 Å². The zero-order valence-electron chi connectivity index (χ0n) is 10.5. The molecule has 0 aromatic carbocycles. The molecule has 1 saturated heterocycles. The van der Waals surface area contributed by atoms with E-state index >= 15 is 0 Å². The normalized spacial score (nSPS) is 17.6. The van der Waals surface area contributed by atoms with Gasteiger partial charge < -0.3 is 10.2 Å². The van der Waals surface area contributed by atoms with Crippen LogP contribution in [-0.4, -0.2) is 31.2 Å². The van der Waals surface area contributed by atoms with Gasteiger partial charge in [-0.1, -0.05) is 20.8 Å². The molecule has 2 rings (SSSR count). The van der Waals surface area contributed by atoms with Crippen LogP contribution < -0.4 is 10.2 Å². The molecule has 0 saturated carbocycles. The lowest BCUT2D eigenvalue weighted by Gasteiger charge is -2.30. The number of hydrogen-bond donors (Lipinski definition) is 1. The molecule has 0 aliphatic carbocycles. The third-order valence-electron chi connectivity index (χ3n) is 2.99. The van der Waals surface area contributed by atoms with E-state index in [-0.39, 0.29) is 5.41 Å². The highest BCUT2D eigenvalue weighted by Gasteiger charge is 2.17. The fraction of sp³-hybridized carbons (Fsp3) is 0.615. The molecule has 0 spiro atoms. The molecular weight excluding hydrogens is 198 g/mol. The van der Waals surface area contributed by atoms with E-state index < -0.39 is 0 Å². The number of nitrogens with one attached hydrogen (secondary N) is 1. The number of rotatable bonds is 1. The highest BCUT2D eigenvalue weighted by atomic mass is 15.2. The number of aromatic nitrogens is 1. The fourth-order valence-corrected chi connectivity index (χ4v) is 1.95. The fourth-order valence-electron chi connectivity index (χ4n) is 1.95. The van der Waals surface area contributed by atoms with Crippen molar-refractivity contribution in [2.24, 2.45) is 0 Å². The van der Waals surface area contributed by atoms with Crippen LogP contribution >= 0.6 is 0 Å². The van der Waals surface area contributed by atoms with Gasteiger partial charge in [0.2, 0.25) is 0 Å². The van der Waals surface area contributed by atoms with Crippen LogP contribution in [0.4, 0.5) is 5.69 Å². The molecule has 1 N–H and O–H groups in total. The van der Waals surface area contributed by atoms with Gasteiger partial charge in [0.1, 0.15) is 0 Å². The maximum atomic E-state index is 4.46. The molecule has 3 nitrogen and oxygen atoms in total. The van der Waals surface area contributed by atoms with E-state index in [4.69, 9.17) is 0 Å². The maximum Gasteiger partial charge on any atom is 0.0477 e. The van der Waals surface area contributed by atoms with E-state index in [0.717, 1.165) is 26.2 Å². The number of hydrogen-bond acceptors (Lipinski definition) is 3. The Labute approximate surface area is 97.9 Å². The van der Waals surface area contributed by atoms with E-state index in [1.807, 2.05) is 6.20 Å². The summed E-state index contributed by atoms with van der Waals surface area (Å²) in [7, 11) is 0. The number of anilines is 1. The van der Waals surface area contributed by atoms with E-state index in [0.29, 0.717) is 0 Å². The Morgan fingerprint density at radius 2 is 1.94 bits per heavy atom. The minimum absolute atomic E-state index is 0.129. The Morgan fingerprint density at radius 3 is 2.56 bits per heavy atom. The monoisotopic (exact) mass is 219 g/mol. The molecule has 0 bridgehead atoms. The van der Waals surface area contributed by atoms with Crippen molar-refractivity contribution < 1.29 is 0 Å². The summed E-state index contributed by atoms with van der Waals surface area (Å²) in [6.45, 7) is 11.0. The van der Waals surface area contributed by atoms with Crippen molar-refractivity contribution in [3.05, 3.63) is 24.0 Å². The first kappa shape index (κ1) is 11.4. The molecule has 0 unspecified atom stereocenters. The predicted octanol–water partition coefficient (Wildman–Crippen LogP) is 1.79. The van der Waals surface area contributed by atoms with Crippen LogP contribution in [0.3, 0.4) is 0 Å². The Balaban J connectivity index is 2.21. The predicted molar refractivity (Wildman–Crippen MR) is 68.0 cm³/mol. The van der Waals surface area contributed by atoms with Gasteiger partial charge in [-0.25, -0.2) is 0 Å². The van der Waals surface area contributed by atoms with Gasteiger partial charge in [0.15, 0.2) is 0 Å². The largest absolute Gasteiger partial charge is 0.369 e. The average Bonchev–Trinajstić information content (AvgIpc) is 2.29. The van der Waals surface area contributed by atoms with E-state index in [9.17, 15) is 0 Å². The summed E-state index contributed by atoms with van der Waals surface area (Å²) in [4.78, 5) is 6.89. The van der Waals surface area contributed by atoms with Crippen LogP contribution in [0, 0.1) is 0 Å². The second kappa shape index (κ2) is 4.42. The third kappa shape index (κ3) is 2.53. The molecule has 1 fully saturated rings. The first-order chi connectivity index (χ1) is 7.57. The van der Waals surface area contributed by atoms with Crippen molar-refractivity contribution in [3.8, 4) is 0 Å². The third-order valence-corrected chi connectivity index (χ3v) is 2.99. The Hall–Kier alpha value is -1.09. The Kier molecular flexibility index (Phi) is 3.15. The Bertz CT molecular complexity index is 348. The van der Waals surface area contributed by atoms with Crippen molar-refractivity contribution in [3.63, 3.8) is 0 Å². The summed E-state index contributed by atoms with van der Waals surface area (Å²) in [5, 5.41) is 3.37. The van der Waals surface area contributed by atoms with E-state index in [2.05, 4.69) is 48.1 Å². The lowest BCUT2D eigenvalue weighted by atomic mass is 9.91. The zero-order chi connectivity index (χ0) is 11.6. The van der Waals surface area contributed by atoms with Gasteiger partial charge in [-0.15, -0.1) is 0 Å². The summed E-state index contributed by atoms with van der Waals surface area (Å²) in [5.74, 6) is 0. The number of pyridine rings is 1. The standard InChI is InChI=1S/C13H21N3/c1-13(2,3)12-10-11(4-5-15-12)16-8-6-14-7-9-16/h4-5,10,14H,6-9H2,1-3H3. The van der Waals surface area contributed by atoms with Gasteiger partial charge >= 0.3 is 0 Å². The van der Waals surface area contributed by atoms with Crippen molar-refractivity contribution >= 4 is 5.69 Å². The zero-order valence-corrected chi connectivity index (χ0v) is 10.5. The van der Waals surface area contributed by atoms with Crippen LogP contribution in [0.5, 0.6) is 0 Å².